The van der Waals surface area contributed by atoms with E-state index in [-0.39, 0.29) is 11.8 Å². The number of hydrogen-bond acceptors (Lipinski definition) is 3. The Morgan fingerprint density at radius 3 is 2.55 bits per heavy atom. The van der Waals surface area contributed by atoms with E-state index in [1.807, 2.05) is 37.3 Å². The van der Waals surface area contributed by atoms with Gasteiger partial charge in [-0.3, -0.25) is 0 Å². The fourth-order valence-corrected chi connectivity index (χ4v) is 2.11. The molecule has 3 nitrogen and oxygen atoms in total. The summed E-state index contributed by atoms with van der Waals surface area (Å²) in [6.45, 7) is 5.16. The summed E-state index contributed by atoms with van der Waals surface area (Å²) in [5.41, 5.74) is 2.08. The van der Waals surface area contributed by atoms with E-state index >= 15 is 0 Å². The van der Waals surface area contributed by atoms with Gasteiger partial charge in [-0.2, -0.15) is 0 Å². The third-order valence-electron chi connectivity index (χ3n) is 3.28. The van der Waals surface area contributed by atoms with Crippen LogP contribution in [0.1, 0.15) is 31.0 Å². The van der Waals surface area contributed by atoms with E-state index in [2.05, 4.69) is 24.4 Å². The van der Waals surface area contributed by atoms with Crippen LogP contribution in [0.5, 0.6) is 11.5 Å². The van der Waals surface area contributed by atoms with E-state index in [0.717, 1.165) is 5.56 Å². The van der Waals surface area contributed by atoms with Crippen molar-refractivity contribution in [1.82, 2.24) is 5.32 Å². The second kappa shape index (κ2) is 6.96. The Balaban J connectivity index is 2.02. The van der Waals surface area contributed by atoms with E-state index in [4.69, 9.17) is 4.74 Å². The maximum absolute atomic E-state index is 10.1. The summed E-state index contributed by atoms with van der Waals surface area (Å²) in [5.74, 6) is 0.765. The molecule has 3 heteroatoms. The highest BCUT2D eigenvalue weighted by atomic mass is 16.5. The van der Waals surface area contributed by atoms with Gasteiger partial charge in [-0.15, -0.1) is 0 Å². The first-order valence-electron chi connectivity index (χ1n) is 6.94. The van der Waals surface area contributed by atoms with Crippen molar-refractivity contribution in [2.75, 3.05) is 6.61 Å². The molecule has 0 aliphatic carbocycles. The molecule has 0 spiro atoms. The van der Waals surface area contributed by atoms with Crippen molar-refractivity contribution >= 4 is 0 Å². The Bertz CT molecular complexity index is 540. The summed E-state index contributed by atoms with van der Waals surface area (Å²) in [7, 11) is 0. The van der Waals surface area contributed by atoms with E-state index in [1.165, 1.54) is 5.56 Å². The Labute approximate surface area is 120 Å². The monoisotopic (exact) mass is 271 g/mol. The van der Waals surface area contributed by atoms with Crippen molar-refractivity contribution in [2.45, 2.75) is 26.4 Å². The predicted octanol–water partition coefficient (Wildman–Crippen LogP) is 3.64. The van der Waals surface area contributed by atoms with Crippen molar-refractivity contribution in [3.63, 3.8) is 0 Å². The third kappa shape index (κ3) is 3.52. The van der Waals surface area contributed by atoms with Crippen LogP contribution in [0.3, 0.4) is 0 Å². The van der Waals surface area contributed by atoms with Crippen molar-refractivity contribution < 1.29 is 9.84 Å². The standard InChI is InChI=1S/C17H21NO2/c1-3-20-16-11-7-10-15(17(16)19)12-18-13(2)14-8-5-4-6-9-14/h4-11,13,18-19H,3,12H2,1-2H3. The van der Waals surface area contributed by atoms with Crippen LogP contribution in [-0.2, 0) is 6.54 Å². The van der Waals surface area contributed by atoms with Gasteiger partial charge in [0.2, 0.25) is 0 Å². The molecule has 0 aromatic heterocycles. The summed E-state index contributed by atoms with van der Waals surface area (Å²) >= 11 is 0. The van der Waals surface area contributed by atoms with Crippen LogP contribution in [-0.4, -0.2) is 11.7 Å². The number of benzene rings is 2. The molecule has 1 unspecified atom stereocenters. The fraction of sp³-hybridized carbons (Fsp3) is 0.294. The van der Waals surface area contributed by atoms with Crippen molar-refractivity contribution in [3.05, 3.63) is 59.7 Å². The number of phenols is 1. The first-order chi connectivity index (χ1) is 9.72. The average Bonchev–Trinajstić information content (AvgIpc) is 2.49. The molecule has 1 atom stereocenters. The highest BCUT2D eigenvalue weighted by Crippen LogP contribution is 2.30. The summed E-state index contributed by atoms with van der Waals surface area (Å²) in [4.78, 5) is 0. The van der Waals surface area contributed by atoms with Crippen LogP contribution >= 0.6 is 0 Å². The lowest BCUT2D eigenvalue weighted by molar-refractivity contribution is 0.316. The molecular formula is C17H21NO2. The highest BCUT2D eigenvalue weighted by molar-refractivity contribution is 5.45. The second-order valence-electron chi connectivity index (χ2n) is 4.71. The van der Waals surface area contributed by atoms with Crippen LogP contribution in [0.15, 0.2) is 48.5 Å². The zero-order chi connectivity index (χ0) is 14.4. The number of para-hydroxylation sites is 1. The maximum atomic E-state index is 10.1. The van der Waals surface area contributed by atoms with Gasteiger partial charge < -0.3 is 15.2 Å². The highest BCUT2D eigenvalue weighted by Gasteiger charge is 2.09. The van der Waals surface area contributed by atoms with E-state index < -0.39 is 0 Å². The molecular weight excluding hydrogens is 250 g/mol. The van der Waals surface area contributed by atoms with Crippen LogP contribution in [0.2, 0.25) is 0 Å². The van der Waals surface area contributed by atoms with Gasteiger partial charge >= 0.3 is 0 Å². The number of ether oxygens (including phenoxy) is 1. The first-order valence-corrected chi connectivity index (χ1v) is 6.94. The molecule has 20 heavy (non-hydrogen) atoms. The number of aromatic hydroxyl groups is 1. The lowest BCUT2D eigenvalue weighted by atomic mass is 10.1. The molecule has 0 bridgehead atoms. The van der Waals surface area contributed by atoms with Gasteiger partial charge in [0.25, 0.3) is 0 Å². The molecule has 0 fully saturated rings. The molecule has 0 aliphatic rings. The van der Waals surface area contributed by atoms with Gasteiger partial charge in [0, 0.05) is 18.2 Å². The van der Waals surface area contributed by atoms with Crippen LogP contribution < -0.4 is 10.1 Å². The van der Waals surface area contributed by atoms with Crippen molar-refractivity contribution in [2.24, 2.45) is 0 Å². The minimum atomic E-state index is 0.224. The Hall–Kier alpha value is -2.00. The molecule has 0 aliphatic heterocycles. The van der Waals surface area contributed by atoms with Gasteiger partial charge in [0.15, 0.2) is 11.5 Å². The van der Waals surface area contributed by atoms with Crippen LogP contribution in [0.4, 0.5) is 0 Å². The summed E-state index contributed by atoms with van der Waals surface area (Å²) in [6.07, 6.45) is 0. The van der Waals surface area contributed by atoms with Crippen molar-refractivity contribution in [3.8, 4) is 11.5 Å². The molecule has 0 amide bonds. The molecule has 0 saturated heterocycles. The maximum Gasteiger partial charge on any atom is 0.162 e. The quantitative estimate of drug-likeness (QED) is 0.842. The third-order valence-corrected chi connectivity index (χ3v) is 3.28. The molecule has 0 heterocycles. The van der Waals surface area contributed by atoms with E-state index in [9.17, 15) is 5.11 Å². The molecule has 2 aromatic carbocycles. The molecule has 0 radical (unpaired) electrons. The normalized spacial score (nSPS) is 12.1. The number of rotatable bonds is 6. The lowest BCUT2D eigenvalue weighted by Gasteiger charge is -2.16. The van der Waals surface area contributed by atoms with Gasteiger partial charge in [0.05, 0.1) is 6.61 Å². The van der Waals surface area contributed by atoms with Gasteiger partial charge in [0.1, 0.15) is 0 Å². The van der Waals surface area contributed by atoms with Gasteiger partial charge in [-0.25, -0.2) is 0 Å². The molecule has 106 valence electrons. The van der Waals surface area contributed by atoms with Crippen LogP contribution in [0.25, 0.3) is 0 Å². The zero-order valence-electron chi connectivity index (χ0n) is 12.0. The Morgan fingerprint density at radius 2 is 1.85 bits per heavy atom. The zero-order valence-corrected chi connectivity index (χ0v) is 12.0. The first kappa shape index (κ1) is 14.4. The van der Waals surface area contributed by atoms with Crippen LogP contribution in [0, 0.1) is 0 Å². The number of hydrogen-bond donors (Lipinski definition) is 2. The Morgan fingerprint density at radius 1 is 1.10 bits per heavy atom. The SMILES string of the molecule is CCOc1cccc(CNC(C)c2ccccc2)c1O. The second-order valence-corrected chi connectivity index (χ2v) is 4.71. The van der Waals surface area contributed by atoms with Gasteiger partial charge in [-0.1, -0.05) is 42.5 Å². The summed E-state index contributed by atoms with van der Waals surface area (Å²) in [6, 6.07) is 16.1. The largest absolute Gasteiger partial charge is 0.504 e. The lowest BCUT2D eigenvalue weighted by Crippen LogP contribution is -2.18. The average molecular weight is 271 g/mol. The minimum absolute atomic E-state index is 0.224. The minimum Gasteiger partial charge on any atom is -0.504 e. The molecule has 2 N–H and O–H groups in total. The number of nitrogens with one attached hydrogen (secondary N) is 1. The summed E-state index contributed by atoms with van der Waals surface area (Å²) in [5, 5.41) is 13.5. The smallest absolute Gasteiger partial charge is 0.162 e. The fourth-order valence-electron chi connectivity index (χ4n) is 2.11. The number of phenolic OH excluding ortho intramolecular Hbond substituents is 1. The molecule has 2 rings (SSSR count). The van der Waals surface area contributed by atoms with E-state index in [0.29, 0.717) is 18.9 Å². The molecule has 0 saturated carbocycles. The Kier molecular flexibility index (Phi) is 5.02. The van der Waals surface area contributed by atoms with Crippen molar-refractivity contribution in [1.29, 1.82) is 0 Å². The van der Waals surface area contributed by atoms with E-state index in [1.54, 1.807) is 6.07 Å². The summed E-state index contributed by atoms with van der Waals surface area (Å²) < 4.78 is 5.39. The van der Waals surface area contributed by atoms with Gasteiger partial charge in [-0.05, 0) is 25.5 Å². The predicted molar refractivity (Wildman–Crippen MR) is 81.0 cm³/mol. The molecule has 2 aromatic rings. The topological polar surface area (TPSA) is 41.5 Å².